The summed E-state index contributed by atoms with van der Waals surface area (Å²) in [5.41, 5.74) is -0.303. The topological polar surface area (TPSA) is 84.3 Å². The first-order chi connectivity index (χ1) is 8.56. The third kappa shape index (κ3) is 2.43. The highest BCUT2D eigenvalue weighted by molar-refractivity contribution is 9.09. The number of hydrogen-bond acceptors (Lipinski definition) is 4. The summed E-state index contributed by atoms with van der Waals surface area (Å²) in [5, 5.41) is 9.12. The molecule has 0 saturated carbocycles. The van der Waals surface area contributed by atoms with Gasteiger partial charge in [-0.1, -0.05) is 22.9 Å². The van der Waals surface area contributed by atoms with E-state index in [1.807, 2.05) is 6.92 Å². The molecule has 2 N–H and O–H groups in total. The molecular weight excluding hydrogens is 304 g/mol. The first-order valence-electron chi connectivity index (χ1n) is 5.81. The summed E-state index contributed by atoms with van der Waals surface area (Å²) >= 11 is 3.40. The van der Waals surface area contributed by atoms with E-state index in [0.717, 1.165) is 0 Å². The van der Waals surface area contributed by atoms with Gasteiger partial charge in [-0.3, -0.25) is 14.3 Å². The van der Waals surface area contributed by atoms with Crippen LogP contribution in [-0.2, 0) is 11.2 Å². The van der Waals surface area contributed by atoms with Gasteiger partial charge < -0.3 is 9.84 Å². The Labute approximate surface area is 112 Å². The molecule has 1 saturated heterocycles. The van der Waals surface area contributed by atoms with Crippen molar-refractivity contribution in [1.82, 2.24) is 9.55 Å². The Hall–Kier alpha value is -0.920. The lowest BCUT2D eigenvalue weighted by atomic mass is 10.2. The van der Waals surface area contributed by atoms with Crippen LogP contribution >= 0.6 is 15.9 Å². The smallest absolute Gasteiger partial charge is 0.330 e. The molecule has 1 aromatic rings. The number of aromatic nitrogens is 2. The first kappa shape index (κ1) is 13.5. The quantitative estimate of drug-likeness (QED) is 0.777. The Kier molecular flexibility index (Phi) is 4.04. The molecule has 7 heteroatoms. The molecule has 0 aromatic carbocycles. The molecule has 1 aliphatic rings. The largest absolute Gasteiger partial charge is 0.394 e. The van der Waals surface area contributed by atoms with Crippen LogP contribution in [-0.4, -0.2) is 32.2 Å². The van der Waals surface area contributed by atoms with E-state index in [4.69, 9.17) is 9.84 Å². The minimum atomic E-state index is -0.486. The minimum absolute atomic E-state index is 0.00333. The highest BCUT2D eigenvalue weighted by Gasteiger charge is 2.34. The van der Waals surface area contributed by atoms with Crippen molar-refractivity contribution >= 4 is 15.9 Å². The van der Waals surface area contributed by atoms with Crippen molar-refractivity contribution in [2.75, 3.05) is 6.61 Å². The molecule has 2 heterocycles. The van der Waals surface area contributed by atoms with Crippen LogP contribution in [0.5, 0.6) is 0 Å². The number of rotatable bonds is 3. The van der Waals surface area contributed by atoms with Gasteiger partial charge >= 0.3 is 5.69 Å². The van der Waals surface area contributed by atoms with Crippen LogP contribution in [0, 0.1) is 0 Å². The van der Waals surface area contributed by atoms with Gasteiger partial charge in [-0.25, -0.2) is 4.79 Å². The summed E-state index contributed by atoms with van der Waals surface area (Å²) in [6.07, 6.45) is 1.86. The molecule has 0 unspecified atom stereocenters. The normalized spacial score (nSPS) is 27.6. The van der Waals surface area contributed by atoms with Gasteiger partial charge in [0.2, 0.25) is 0 Å². The lowest BCUT2D eigenvalue weighted by Crippen LogP contribution is -2.34. The van der Waals surface area contributed by atoms with Gasteiger partial charge in [0.15, 0.2) is 0 Å². The van der Waals surface area contributed by atoms with E-state index in [9.17, 15) is 9.59 Å². The monoisotopic (exact) mass is 318 g/mol. The predicted octanol–water partition coefficient (Wildman–Crippen LogP) is 0.142. The van der Waals surface area contributed by atoms with E-state index in [1.165, 1.54) is 10.8 Å². The minimum Gasteiger partial charge on any atom is -0.394 e. The molecule has 6 nitrogen and oxygen atoms in total. The number of nitrogens with one attached hydrogen (secondary N) is 1. The Morgan fingerprint density at radius 3 is 2.89 bits per heavy atom. The number of aliphatic hydroxyl groups is 1. The standard InChI is InChI=1S/C11H15BrN2O4/c1-2-6-4-14(11(17)13-10(6)16)9-3-7(12)8(5-15)18-9/h4,7-9,15H,2-3,5H2,1H3,(H,13,16,17)/t7-,8+,9+/m0/s1. The fourth-order valence-corrected chi connectivity index (χ4v) is 2.63. The molecule has 18 heavy (non-hydrogen) atoms. The second kappa shape index (κ2) is 5.38. The average molecular weight is 319 g/mol. The highest BCUT2D eigenvalue weighted by Crippen LogP contribution is 2.32. The summed E-state index contributed by atoms with van der Waals surface area (Å²) < 4.78 is 6.95. The molecule has 0 aliphatic carbocycles. The number of ether oxygens (including phenoxy) is 1. The van der Waals surface area contributed by atoms with E-state index in [-0.39, 0.29) is 23.1 Å². The second-order valence-electron chi connectivity index (χ2n) is 4.24. The average Bonchev–Trinajstić information content (AvgIpc) is 2.70. The van der Waals surface area contributed by atoms with Crippen LogP contribution in [0.2, 0.25) is 0 Å². The number of aryl methyl sites for hydroxylation is 1. The van der Waals surface area contributed by atoms with Gasteiger partial charge in [0.25, 0.3) is 5.56 Å². The lowest BCUT2D eigenvalue weighted by Gasteiger charge is -2.15. The Bertz CT molecular complexity index is 539. The Morgan fingerprint density at radius 2 is 2.33 bits per heavy atom. The molecule has 0 amide bonds. The zero-order valence-corrected chi connectivity index (χ0v) is 11.5. The number of aromatic amines is 1. The number of nitrogens with zero attached hydrogens (tertiary/aromatic N) is 1. The third-order valence-electron chi connectivity index (χ3n) is 3.07. The van der Waals surface area contributed by atoms with Crippen LogP contribution in [0.1, 0.15) is 25.1 Å². The summed E-state index contributed by atoms with van der Waals surface area (Å²) in [5.74, 6) is 0. The molecule has 3 atom stereocenters. The van der Waals surface area contributed by atoms with Crippen LogP contribution in [0.15, 0.2) is 15.8 Å². The zero-order chi connectivity index (χ0) is 13.3. The molecule has 1 aliphatic heterocycles. The van der Waals surface area contributed by atoms with Crippen molar-refractivity contribution in [1.29, 1.82) is 0 Å². The molecule has 0 radical (unpaired) electrons. The van der Waals surface area contributed by atoms with E-state index >= 15 is 0 Å². The molecule has 2 rings (SSSR count). The zero-order valence-electron chi connectivity index (χ0n) is 9.93. The fraction of sp³-hybridized carbons (Fsp3) is 0.636. The predicted molar refractivity (Wildman–Crippen MR) is 69.0 cm³/mol. The Balaban J connectivity index is 2.35. The number of alkyl halides is 1. The Morgan fingerprint density at radius 1 is 1.61 bits per heavy atom. The van der Waals surface area contributed by atoms with Crippen molar-refractivity contribution in [2.45, 2.75) is 36.9 Å². The summed E-state index contributed by atoms with van der Waals surface area (Å²) in [7, 11) is 0. The fourth-order valence-electron chi connectivity index (χ4n) is 2.02. The van der Waals surface area contributed by atoms with E-state index in [1.54, 1.807) is 0 Å². The second-order valence-corrected chi connectivity index (χ2v) is 5.41. The van der Waals surface area contributed by atoms with Gasteiger partial charge in [-0.05, 0) is 6.42 Å². The van der Waals surface area contributed by atoms with Gasteiger partial charge in [-0.2, -0.15) is 0 Å². The molecule has 1 aromatic heterocycles. The van der Waals surface area contributed by atoms with Crippen molar-refractivity contribution in [3.05, 3.63) is 32.6 Å². The number of hydrogen-bond donors (Lipinski definition) is 2. The maximum atomic E-state index is 11.7. The van der Waals surface area contributed by atoms with Crippen molar-refractivity contribution < 1.29 is 9.84 Å². The highest BCUT2D eigenvalue weighted by atomic mass is 79.9. The maximum absolute atomic E-state index is 11.7. The van der Waals surface area contributed by atoms with Crippen molar-refractivity contribution in [3.63, 3.8) is 0 Å². The van der Waals surface area contributed by atoms with Crippen LogP contribution in [0.4, 0.5) is 0 Å². The van der Waals surface area contributed by atoms with Gasteiger partial charge in [0.1, 0.15) is 6.23 Å². The molecule has 1 fully saturated rings. The lowest BCUT2D eigenvalue weighted by molar-refractivity contribution is -0.0236. The molecular formula is C11H15BrN2O4. The number of H-pyrrole nitrogens is 1. The summed E-state index contributed by atoms with van der Waals surface area (Å²) in [6, 6.07) is 0. The van der Waals surface area contributed by atoms with Gasteiger partial charge in [0, 0.05) is 23.0 Å². The van der Waals surface area contributed by atoms with Crippen LogP contribution < -0.4 is 11.2 Å². The summed E-state index contributed by atoms with van der Waals surface area (Å²) in [6.45, 7) is 1.74. The van der Waals surface area contributed by atoms with Gasteiger partial charge in [0.05, 0.1) is 12.7 Å². The van der Waals surface area contributed by atoms with E-state index < -0.39 is 11.9 Å². The van der Waals surface area contributed by atoms with Crippen LogP contribution in [0.25, 0.3) is 0 Å². The maximum Gasteiger partial charge on any atom is 0.330 e. The number of aliphatic hydroxyl groups excluding tert-OH is 1. The van der Waals surface area contributed by atoms with Crippen molar-refractivity contribution in [2.24, 2.45) is 0 Å². The molecule has 0 bridgehead atoms. The van der Waals surface area contributed by atoms with Crippen molar-refractivity contribution in [3.8, 4) is 0 Å². The SMILES string of the molecule is CCc1cn([C@H]2C[C@H](Br)[C@@H](CO)O2)c(=O)[nH]c1=O. The summed E-state index contributed by atoms with van der Waals surface area (Å²) in [4.78, 5) is 25.5. The van der Waals surface area contributed by atoms with E-state index in [0.29, 0.717) is 18.4 Å². The molecule has 100 valence electrons. The third-order valence-corrected chi connectivity index (χ3v) is 4.04. The molecule has 0 spiro atoms. The first-order valence-corrected chi connectivity index (χ1v) is 6.73. The van der Waals surface area contributed by atoms with Gasteiger partial charge in [-0.15, -0.1) is 0 Å². The number of halogens is 1. The van der Waals surface area contributed by atoms with E-state index in [2.05, 4.69) is 20.9 Å². The van der Waals surface area contributed by atoms with Crippen LogP contribution in [0.3, 0.4) is 0 Å².